The molecule has 2 fully saturated rings. The molecule has 3 aromatic rings. The van der Waals surface area contributed by atoms with Gasteiger partial charge in [0, 0.05) is 49.7 Å². The molecule has 8 nitrogen and oxygen atoms in total. The van der Waals surface area contributed by atoms with Gasteiger partial charge in [0.15, 0.2) is 5.65 Å². The summed E-state index contributed by atoms with van der Waals surface area (Å²) in [7, 11) is 0. The molecule has 2 aliphatic rings. The second-order valence-corrected chi connectivity index (χ2v) is 8.91. The van der Waals surface area contributed by atoms with Crippen LogP contribution in [0.15, 0.2) is 48.8 Å². The van der Waals surface area contributed by atoms with E-state index in [9.17, 15) is 18.0 Å². The van der Waals surface area contributed by atoms with Crippen LogP contribution in [-0.4, -0.2) is 73.9 Å². The molecule has 1 spiro atoms. The zero-order chi connectivity index (χ0) is 24.5. The van der Waals surface area contributed by atoms with E-state index in [-0.39, 0.29) is 12.5 Å². The second-order valence-electron chi connectivity index (χ2n) is 8.91. The number of hydrogen-bond acceptors (Lipinski definition) is 5. The molecule has 180 valence electrons. The topological polar surface area (TPSA) is 91.6 Å². The largest absolute Gasteiger partial charge is 0.490 e. The fourth-order valence-corrected chi connectivity index (χ4v) is 4.42. The zero-order valence-electron chi connectivity index (χ0n) is 18.5. The molecule has 2 aliphatic heterocycles. The number of alkyl halides is 3. The number of hydrogen-bond donors (Lipinski definition) is 1. The molecule has 1 N–H and O–H groups in total. The average molecular weight is 475 g/mol. The highest BCUT2D eigenvalue weighted by molar-refractivity contribution is 5.80. The van der Waals surface area contributed by atoms with Gasteiger partial charge in [-0.2, -0.15) is 18.3 Å². The molecule has 34 heavy (non-hydrogen) atoms. The van der Waals surface area contributed by atoms with Crippen LogP contribution in [0.4, 0.5) is 13.2 Å². The summed E-state index contributed by atoms with van der Waals surface area (Å²) in [5.41, 5.74) is 3.55. The summed E-state index contributed by atoms with van der Waals surface area (Å²) in [6, 6.07) is 12.6. The van der Waals surface area contributed by atoms with Crippen LogP contribution in [0.1, 0.15) is 11.1 Å². The van der Waals surface area contributed by atoms with Crippen molar-refractivity contribution in [2.45, 2.75) is 26.2 Å². The number of likely N-dealkylation sites (tertiary alicyclic amines) is 2. The predicted octanol–water partition coefficient (Wildman–Crippen LogP) is 2.72. The van der Waals surface area contributed by atoms with E-state index in [1.54, 1.807) is 10.9 Å². The van der Waals surface area contributed by atoms with Crippen molar-refractivity contribution in [1.29, 1.82) is 0 Å². The monoisotopic (exact) mass is 475 g/mol. The van der Waals surface area contributed by atoms with E-state index in [1.807, 2.05) is 24.1 Å². The fourth-order valence-electron chi connectivity index (χ4n) is 4.42. The number of carbonyl (C=O) groups is 2. The summed E-state index contributed by atoms with van der Waals surface area (Å²) in [5.74, 6) is -2.62. The molecule has 2 saturated heterocycles. The first-order valence-electron chi connectivity index (χ1n) is 10.7. The normalized spacial score (nSPS) is 17.0. The van der Waals surface area contributed by atoms with Crippen molar-refractivity contribution in [2.75, 3.05) is 26.2 Å². The molecule has 1 amide bonds. The minimum Gasteiger partial charge on any atom is -0.475 e. The Bertz CT molecular complexity index is 1180. The molecular weight excluding hydrogens is 451 g/mol. The van der Waals surface area contributed by atoms with Gasteiger partial charge < -0.3 is 10.0 Å². The van der Waals surface area contributed by atoms with E-state index in [0.29, 0.717) is 5.41 Å². The van der Waals surface area contributed by atoms with Crippen LogP contribution in [0.25, 0.3) is 11.0 Å². The lowest BCUT2D eigenvalue weighted by Gasteiger charge is -2.60. The van der Waals surface area contributed by atoms with Gasteiger partial charge in [-0.05, 0) is 24.1 Å². The van der Waals surface area contributed by atoms with Gasteiger partial charge in [0.1, 0.15) is 6.54 Å². The van der Waals surface area contributed by atoms with Gasteiger partial charge in [-0.3, -0.25) is 9.69 Å². The molecule has 11 heteroatoms. The molecule has 0 radical (unpaired) electrons. The van der Waals surface area contributed by atoms with Gasteiger partial charge in [0.2, 0.25) is 5.91 Å². The number of halogens is 3. The lowest BCUT2D eigenvalue weighted by atomic mass is 9.72. The highest BCUT2D eigenvalue weighted by Crippen LogP contribution is 2.40. The van der Waals surface area contributed by atoms with E-state index in [2.05, 4.69) is 45.3 Å². The third-order valence-electron chi connectivity index (χ3n) is 5.91. The van der Waals surface area contributed by atoms with Crippen LogP contribution in [-0.2, 0) is 22.7 Å². The van der Waals surface area contributed by atoms with Gasteiger partial charge in [0.05, 0.1) is 6.20 Å². The van der Waals surface area contributed by atoms with E-state index >= 15 is 0 Å². The number of aromatic nitrogens is 3. The minimum absolute atomic E-state index is 0.134. The Balaban J connectivity index is 0.000000344. The van der Waals surface area contributed by atoms with Crippen molar-refractivity contribution in [3.8, 4) is 0 Å². The Labute approximate surface area is 193 Å². The maximum Gasteiger partial charge on any atom is 0.490 e. The standard InChI is InChI=1S/C21H23N5O.C2HF3O2/c1-16-7-18-9-23-26(20(18)22-8-16)11-19(27)25-14-21(15-25)12-24(13-21)10-17-5-3-2-4-6-17;3-2(4,5)1(6)7/h2-9H,10-15H2,1H3;(H,6,7). The summed E-state index contributed by atoms with van der Waals surface area (Å²) in [4.78, 5) is 30.4. The van der Waals surface area contributed by atoms with Crippen molar-refractivity contribution in [3.63, 3.8) is 0 Å². The van der Waals surface area contributed by atoms with E-state index < -0.39 is 12.1 Å². The van der Waals surface area contributed by atoms with Crippen molar-refractivity contribution >= 4 is 22.9 Å². The van der Waals surface area contributed by atoms with Crippen LogP contribution in [0.3, 0.4) is 0 Å². The number of nitrogens with zero attached hydrogens (tertiary/aromatic N) is 5. The number of fused-ring (bicyclic) bond motifs is 1. The summed E-state index contributed by atoms with van der Waals surface area (Å²) in [6.45, 7) is 7.17. The first-order valence-corrected chi connectivity index (χ1v) is 10.7. The van der Waals surface area contributed by atoms with Crippen LogP contribution in [0.5, 0.6) is 0 Å². The third kappa shape index (κ3) is 5.19. The van der Waals surface area contributed by atoms with E-state index in [0.717, 1.165) is 49.3 Å². The predicted molar refractivity (Wildman–Crippen MR) is 117 cm³/mol. The maximum atomic E-state index is 12.6. The number of amides is 1. The van der Waals surface area contributed by atoms with Crippen LogP contribution >= 0.6 is 0 Å². The summed E-state index contributed by atoms with van der Waals surface area (Å²) in [6.07, 6.45) is -1.48. The van der Waals surface area contributed by atoms with E-state index in [1.165, 1.54) is 5.56 Å². The molecule has 0 bridgehead atoms. The number of pyridine rings is 1. The quantitative estimate of drug-likeness (QED) is 0.624. The fraction of sp³-hybridized carbons (Fsp3) is 0.391. The third-order valence-corrected chi connectivity index (χ3v) is 5.91. The number of aliphatic carboxylic acids is 1. The average Bonchev–Trinajstić information content (AvgIpc) is 3.10. The van der Waals surface area contributed by atoms with Gasteiger partial charge >= 0.3 is 12.1 Å². The van der Waals surface area contributed by atoms with Crippen LogP contribution in [0, 0.1) is 12.3 Å². The minimum atomic E-state index is -5.08. The highest BCUT2D eigenvalue weighted by Gasteiger charge is 2.52. The van der Waals surface area contributed by atoms with Crippen LogP contribution in [0.2, 0.25) is 0 Å². The van der Waals surface area contributed by atoms with Crippen molar-refractivity contribution in [2.24, 2.45) is 5.41 Å². The van der Waals surface area contributed by atoms with Gasteiger partial charge in [-0.1, -0.05) is 30.3 Å². The lowest BCUT2D eigenvalue weighted by Crippen LogP contribution is -2.72. The Morgan fingerprint density at radius 2 is 1.74 bits per heavy atom. The molecule has 0 saturated carbocycles. The SMILES string of the molecule is Cc1cnc2c(cnn2CC(=O)N2CC3(CN(Cc4ccccc4)C3)C2)c1.O=C(O)C(F)(F)F. The Hall–Kier alpha value is -3.47. The first-order chi connectivity index (χ1) is 16.0. The maximum absolute atomic E-state index is 12.6. The number of carboxylic acid groups (broad SMARTS) is 1. The molecule has 0 atom stereocenters. The van der Waals surface area contributed by atoms with Gasteiger partial charge in [-0.25, -0.2) is 14.5 Å². The molecule has 0 unspecified atom stereocenters. The van der Waals surface area contributed by atoms with Crippen molar-refractivity contribution in [1.82, 2.24) is 24.6 Å². The smallest absolute Gasteiger partial charge is 0.475 e. The van der Waals surface area contributed by atoms with Crippen LogP contribution < -0.4 is 0 Å². The summed E-state index contributed by atoms with van der Waals surface area (Å²) in [5, 5.41) is 12.5. The Morgan fingerprint density at radius 3 is 2.35 bits per heavy atom. The zero-order valence-corrected chi connectivity index (χ0v) is 18.5. The second kappa shape index (κ2) is 9.05. The van der Waals surface area contributed by atoms with Crippen molar-refractivity contribution in [3.05, 3.63) is 59.9 Å². The molecule has 0 aliphatic carbocycles. The van der Waals surface area contributed by atoms with Gasteiger partial charge in [0.25, 0.3) is 0 Å². The number of rotatable bonds is 4. The van der Waals surface area contributed by atoms with Gasteiger partial charge in [-0.15, -0.1) is 0 Å². The van der Waals surface area contributed by atoms with Crippen molar-refractivity contribution < 1.29 is 27.9 Å². The molecule has 1 aromatic carbocycles. The molecule has 4 heterocycles. The molecule has 5 rings (SSSR count). The number of carboxylic acids is 1. The first kappa shape index (κ1) is 23.7. The Morgan fingerprint density at radius 1 is 1.09 bits per heavy atom. The molecular formula is C23H24F3N5O3. The number of aryl methyl sites for hydroxylation is 1. The molecule has 2 aromatic heterocycles. The number of carbonyl (C=O) groups excluding carboxylic acids is 1. The summed E-state index contributed by atoms with van der Waals surface area (Å²) >= 11 is 0. The Kier molecular flexibility index (Phi) is 6.30. The number of benzene rings is 1. The summed E-state index contributed by atoms with van der Waals surface area (Å²) < 4.78 is 33.4. The van der Waals surface area contributed by atoms with E-state index in [4.69, 9.17) is 9.90 Å². The lowest BCUT2D eigenvalue weighted by molar-refractivity contribution is -0.192. The highest BCUT2D eigenvalue weighted by atomic mass is 19.4.